The second kappa shape index (κ2) is 4.25. The standard InChI is InChI=1S/C12H12FN3O/c13-10-3-1-2-9-8(10)4-5-11(9)14-6-12-15-7-17-16-12/h1-3,7,11,14H,4-6H2. The van der Waals surface area contributed by atoms with Gasteiger partial charge in [-0.25, -0.2) is 4.39 Å². The van der Waals surface area contributed by atoms with E-state index >= 15 is 0 Å². The molecule has 0 bridgehead atoms. The van der Waals surface area contributed by atoms with Crippen molar-refractivity contribution in [1.82, 2.24) is 15.5 Å². The molecule has 17 heavy (non-hydrogen) atoms. The molecule has 0 aliphatic heterocycles. The summed E-state index contributed by atoms with van der Waals surface area (Å²) in [6.07, 6.45) is 3.00. The van der Waals surface area contributed by atoms with Crippen LogP contribution in [0, 0.1) is 5.82 Å². The second-order valence-corrected chi connectivity index (χ2v) is 4.13. The molecule has 1 N–H and O–H groups in total. The fourth-order valence-corrected chi connectivity index (χ4v) is 2.31. The monoisotopic (exact) mass is 233 g/mol. The van der Waals surface area contributed by atoms with Gasteiger partial charge in [-0.15, -0.1) is 0 Å². The molecule has 4 nitrogen and oxygen atoms in total. The van der Waals surface area contributed by atoms with Crippen LogP contribution in [0.4, 0.5) is 4.39 Å². The molecule has 1 atom stereocenters. The number of halogens is 1. The number of nitrogens with one attached hydrogen (secondary N) is 1. The van der Waals surface area contributed by atoms with Gasteiger partial charge in [0.1, 0.15) is 5.82 Å². The summed E-state index contributed by atoms with van der Waals surface area (Å²) < 4.78 is 18.2. The van der Waals surface area contributed by atoms with E-state index in [9.17, 15) is 4.39 Å². The van der Waals surface area contributed by atoms with E-state index in [1.807, 2.05) is 6.07 Å². The van der Waals surface area contributed by atoms with Crippen LogP contribution in [0.3, 0.4) is 0 Å². The minimum atomic E-state index is -0.105. The van der Waals surface area contributed by atoms with E-state index in [1.165, 1.54) is 12.5 Å². The molecular formula is C12H12FN3O. The van der Waals surface area contributed by atoms with Crippen molar-refractivity contribution in [3.05, 3.63) is 47.4 Å². The lowest BCUT2D eigenvalue weighted by Crippen LogP contribution is -2.19. The maximum atomic E-state index is 13.5. The Morgan fingerprint density at radius 2 is 2.41 bits per heavy atom. The SMILES string of the molecule is Fc1cccc2c1CCC2NCc1ncon1. The maximum Gasteiger partial charge on any atom is 0.213 e. The molecule has 0 amide bonds. The summed E-state index contributed by atoms with van der Waals surface area (Å²) >= 11 is 0. The topological polar surface area (TPSA) is 51.0 Å². The zero-order valence-corrected chi connectivity index (χ0v) is 9.19. The molecule has 1 heterocycles. The van der Waals surface area contributed by atoms with Crippen LogP contribution in [0.2, 0.25) is 0 Å². The molecule has 3 rings (SSSR count). The summed E-state index contributed by atoms with van der Waals surface area (Å²) in [4.78, 5) is 3.94. The number of hydrogen-bond acceptors (Lipinski definition) is 4. The lowest BCUT2D eigenvalue weighted by Gasteiger charge is -2.12. The summed E-state index contributed by atoms with van der Waals surface area (Å²) in [6, 6.07) is 5.42. The van der Waals surface area contributed by atoms with Crippen LogP contribution in [-0.2, 0) is 13.0 Å². The Labute approximate surface area is 97.8 Å². The summed E-state index contributed by atoms with van der Waals surface area (Å²) in [6.45, 7) is 0.539. The molecule has 0 fully saturated rings. The van der Waals surface area contributed by atoms with Crippen molar-refractivity contribution in [2.75, 3.05) is 0 Å². The van der Waals surface area contributed by atoms with Crippen LogP contribution in [-0.4, -0.2) is 10.1 Å². The van der Waals surface area contributed by atoms with Crippen molar-refractivity contribution in [2.24, 2.45) is 0 Å². The molecule has 0 saturated carbocycles. The van der Waals surface area contributed by atoms with Gasteiger partial charge in [0.25, 0.3) is 0 Å². The molecule has 0 spiro atoms. The Morgan fingerprint density at radius 1 is 1.47 bits per heavy atom. The highest BCUT2D eigenvalue weighted by atomic mass is 19.1. The van der Waals surface area contributed by atoms with E-state index in [4.69, 9.17) is 0 Å². The fraction of sp³-hybridized carbons (Fsp3) is 0.333. The van der Waals surface area contributed by atoms with Gasteiger partial charge in [0, 0.05) is 6.04 Å². The van der Waals surface area contributed by atoms with Crippen molar-refractivity contribution < 1.29 is 8.91 Å². The first kappa shape index (κ1) is 10.4. The highest BCUT2D eigenvalue weighted by Gasteiger charge is 2.24. The highest BCUT2D eigenvalue weighted by molar-refractivity contribution is 5.35. The van der Waals surface area contributed by atoms with Gasteiger partial charge in [-0.2, -0.15) is 4.98 Å². The van der Waals surface area contributed by atoms with Gasteiger partial charge >= 0.3 is 0 Å². The third kappa shape index (κ3) is 1.93. The largest absolute Gasteiger partial charge is 0.343 e. The van der Waals surface area contributed by atoms with E-state index in [2.05, 4.69) is 20.0 Å². The maximum absolute atomic E-state index is 13.5. The average molecular weight is 233 g/mol. The fourth-order valence-electron chi connectivity index (χ4n) is 2.31. The zero-order valence-electron chi connectivity index (χ0n) is 9.19. The Hall–Kier alpha value is -1.75. The van der Waals surface area contributed by atoms with E-state index in [1.54, 1.807) is 6.07 Å². The predicted molar refractivity (Wildman–Crippen MR) is 58.6 cm³/mol. The molecule has 1 aliphatic carbocycles. The Bertz CT molecular complexity index is 512. The molecule has 5 heteroatoms. The summed E-state index contributed by atoms with van der Waals surface area (Å²) in [5.74, 6) is 0.515. The van der Waals surface area contributed by atoms with Gasteiger partial charge in [-0.3, -0.25) is 0 Å². The van der Waals surface area contributed by atoms with Crippen molar-refractivity contribution in [1.29, 1.82) is 0 Å². The van der Waals surface area contributed by atoms with Gasteiger partial charge in [0.2, 0.25) is 6.39 Å². The molecule has 0 radical (unpaired) electrons. The third-order valence-corrected chi connectivity index (χ3v) is 3.13. The van der Waals surface area contributed by atoms with Gasteiger partial charge in [-0.05, 0) is 30.0 Å². The lowest BCUT2D eigenvalue weighted by molar-refractivity contribution is 0.403. The molecule has 1 aromatic carbocycles. The normalized spacial score (nSPS) is 18.3. The molecule has 88 valence electrons. The molecule has 0 saturated heterocycles. The van der Waals surface area contributed by atoms with Crippen molar-refractivity contribution in [3.8, 4) is 0 Å². The Kier molecular flexibility index (Phi) is 2.60. The molecule has 1 aliphatic rings. The van der Waals surface area contributed by atoms with Gasteiger partial charge in [0.05, 0.1) is 6.54 Å². The summed E-state index contributed by atoms with van der Waals surface area (Å²) in [5, 5.41) is 7.04. The molecule has 1 aromatic heterocycles. The zero-order chi connectivity index (χ0) is 11.7. The lowest BCUT2D eigenvalue weighted by atomic mass is 10.1. The first-order valence-corrected chi connectivity index (χ1v) is 5.60. The van der Waals surface area contributed by atoms with E-state index in [0.717, 1.165) is 24.0 Å². The highest BCUT2D eigenvalue weighted by Crippen LogP contribution is 2.32. The Balaban J connectivity index is 1.73. The number of hydrogen-bond donors (Lipinski definition) is 1. The predicted octanol–water partition coefficient (Wildman–Crippen LogP) is 1.99. The van der Waals surface area contributed by atoms with Crippen LogP contribution in [0.1, 0.15) is 29.4 Å². The Morgan fingerprint density at radius 3 is 3.24 bits per heavy atom. The quantitative estimate of drug-likeness (QED) is 0.880. The third-order valence-electron chi connectivity index (χ3n) is 3.13. The van der Waals surface area contributed by atoms with Crippen molar-refractivity contribution >= 4 is 0 Å². The summed E-state index contributed by atoms with van der Waals surface area (Å²) in [7, 11) is 0. The van der Waals surface area contributed by atoms with E-state index in [0.29, 0.717) is 12.4 Å². The van der Waals surface area contributed by atoms with E-state index < -0.39 is 0 Å². The van der Waals surface area contributed by atoms with E-state index in [-0.39, 0.29) is 11.9 Å². The summed E-state index contributed by atoms with van der Waals surface area (Å²) in [5.41, 5.74) is 1.88. The average Bonchev–Trinajstić information content (AvgIpc) is 2.95. The first-order chi connectivity index (χ1) is 8.34. The van der Waals surface area contributed by atoms with Gasteiger partial charge in [-0.1, -0.05) is 17.3 Å². The van der Waals surface area contributed by atoms with Gasteiger partial charge in [0.15, 0.2) is 5.82 Å². The van der Waals surface area contributed by atoms with Crippen LogP contribution >= 0.6 is 0 Å². The molecule has 2 aromatic rings. The van der Waals surface area contributed by atoms with Crippen LogP contribution in [0.15, 0.2) is 29.1 Å². The minimum absolute atomic E-state index is 0.105. The van der Waals surface area contributed by atoms with Crippen molar-refractivity contribution in [3.63, 3.8) is 0 Å². The number of nitrogens with zero attached hydrogens (tertiary/aromatic N) is 2. The van der Waals surface area contributed by atoms with Crippen molar-refractivity contribution in [2.45, 2.75) is 25.4 Å². The number of aromatic nitrogens is 2. The molecular weight excluding hydrogens is 221 g/mol. The van der Waals surface area contributed by atoms with Crippen LogP contribution in [0.25, 0.3) is 0 Å². The number of benzene rings is 1. The minimum Gasteiger partial charge on any atom is -0.343 e. The number of fused-ring (bicyclic) bond motifs is 1. The second-order valence-electron chi connectivity index (χ2n) is 4.13. The van der Waals surface area contributed by atoms with Gasteiger partial charge < -0.3 is 9.84 Å². The van der Waals surface area contributed by atoms with Crippen LogP contribution in [0.5, 0.6) is 0 Å². The van der Waals surface area contributed by atoms with Crippen LogP contribution < -0.4 is 5.32 Å². The number of rotatable bonds is 3. The molecule has 1 unspecified atom stereocenters. The first-order valence-electron chi connectivity index (χ1n) is 5.60. The smallest absolute Gasteiger partial charge is 0.213 e.